The standard InChI is InChI=1S/C22H28O3/c1-22(2,3)25-21(23)16-20(24-4)15-12-17-10-13-19(14-11-17)18-8-6-5-7-9-18/h5-11,13-14,20H,12,15-16H2,1-4H3. The quantitative estimate of drug-likeness (QED) is 0.663. The highest BCUT2D eigenvalue weighted by Crippen LogP contribution is 2.20. The molecule has 2 aromatic rings. The van der Waals surface area contributed by atoms with E-state index < -0.39 is 5.60 Å². The van der Waals surface area contributed by atoms with Gasteiger partial charge in [0.05, 0.1) is 12.5 Å². The lowest BCUT2D eigenvalue weighted by Crippen LogP contribution is -2.27. The number of ether oxygens (including phenoxy) is 2. The molecule has 0 saturated heterocycles. The van der Waals surface area contributed by atoms with Crippen molar-refractivity contribution in [2.75, 3.05) is 7.11 Å². The summed E-state index contributed by atoms with van der Waals surface area (Å²) in [6.45, 7) is 5.63. The minimum absolute atomic E-state index is 0.122. The zero-order chi connectivity index (χ0) is 18.3. The Morgan fingerprint density at radius 2 is 1.56 bits per heavy atom. The SMILES string of the molecule is COC(CCc1ccc(-c2ccccc2)cc1)CC(=O)OC(C)(C)C. The van der Waals surface area contributed by atoms with Crippen molar-refractivity contribution in [3.05, 3.63) is 60.2 Å². The van der Waals surface area contributed by atoms with Crippen molar-refractivity contribution < 1.29 is 14.3 Å². The summed E-state index contributed by atoms with van der Waals surface area (Å²) in [5, 5.41) is 0. The van der Waals surface area contributed by atoms with E-state index in [4.69, 9.17) is 9.47 Å². The third-order valence-electron chi connectivity index (χ3n) is 3.96. The average molecular weight is 340 g/mol. The molecule has 3 nitrogen and oxygen atoms in total. The number of hydrogen-bond donors (Lipinski definition) is 0. The van der Waals surface area contributed by atoms with E-state index in [2.05, 4.69) is 36.4 Å². The Labute approximate surface area is 151 Å². The molecule has 2 aromatic carbocycles. The number of rotatable bonds is 7. The zero-order valence-corrected chi connectivity index (χ0v) is 15.6. The molecule has 134 valence electrons. The van der Waals surface area contributed by atoms with Crippen LogP contribution in [0.25, 0.3) is 11.1 Å². The van der Waals surface area contributed by atoms with E-state index in [-0.39, 0.29) is 18.5 Å². The first-order valence-corrected chi connectivity index (χ1v) is 8.76. The van der Waals surface area contributed by atoms with Gasteiger partial charge in [0.2, 0.25) is 0 Å². The third kappa shape index (κ3) is 6.71. The lowest BCUT2D eigenvalue weighted by atomic mass is 10.0. The van der Waals surface area contributed by atoms with Gasteiger partial charge in [0, 0.05) is 7.11 Å². The van der Waals surface area contributed by atoms with E-state index in [1.54, 1.807) is 7.11 Å². The number of aryl methyl sites for hydroxylation is 1. The van der Waals surface area contributed by atoms with E-state index in [1.807, 2.05) is 39.0 Å². The van der Waals surface area contributed by atoms with E-state index in [0.717, 1.165) is 12.8 Å². The van der Waals surface area contributed by atoms with Crippen LogP contribution in [0.15, 0.2) is 54.6 Å². The summed E-state index contributed by atoms with van der Waals surface area (Å²) in [7, 11) is 1.65. The summed E-state index contributed by atoms with van der Waals surface area (Å²) in [4.78, 5) is 11.9. The second-order valence-corrected chi connectivity index (χ2v) is 7.25. The minimum Gasteiger partial charge on any atom is -0.460 e. The maximum atomic E-state index is 11.9. The second kappa shape index (κ2) is 8.82. The summed E-state index contributed by atoms with van der Waals surface area (Å²) in [6, 6.07) is 18.9. The fourth-order valence-electron chi connectivity index (χ4n) is 2.69. The monoisotopic (exact) mass is 340 g/mol. The third-order valence-corrected chi connectivity index (χ3v) is 3.96. The molecule has 1 atom stereocenters. The summed E-state index contributed by atoms with van der Waals surface area (Å²) in [5.74, 6) is -0.209. The number of esters is 1. The number of methoxy groups -OCH3 is 1. The highest BCUT2D eigenvalue weighted by Gasteiger charge is 2.20. The van der Waals surface area contributed by atoms with Crippen molar-refractivity contribution in [2.45, 2.75) is 51.7 Å². The van der Waals surface area contributed by atoms with E-state index in [0.29, 0.717) is 0 Å². The zero-order valence-electron chi connectivity index (χ0n) is 15.6. The van der Waals surface area contributed by atoms with Crippen LogP contribution < -0.4 is 0 Å². The first kappa shape index (κ1) is 19.2. The Morgan fingerprint density at radius 3 is 2.12 bits per heavy atom. The first-order valence-electron chi connectivity index (χ1n) is 8.76. The van der Waals surface area contributed by atoms with Gasteiger partial charge in [-0.25, -0.2) is 0 Å². The van der Waals surface area contributed by atoms with Crippen molar-refractivity contribution in [2.24, 2.45) is 0 Å². The van der Waals surface area contributed by atoms with Crippen molar-refractivity contribution in [3.63, 3.8) is 0 Å². The molecule has 0 bridgehead atoms. The molecule has 1 unspecified atom stereocenters. The molecule has 0 saturated carbocycles. The summed E-state index contributed by atoms with van der Waals surface area (Å²) >= 11 is 0. The lowest BCUT2D eigenvalue weighted by molar-refractivity contribution is -0.157. The molecule has 0 amide bonds. The lowest BCUT2D eigenvalue weighted by Gasteiger charge is -2.21. The Kier molecular flexibility index (Phi) is 6.77. The Hall–Kier alpha value is -2.13. The van der Waals surface area contributed by atoms with Gasteiger partial charge in [-0.3, -0.25) is 4.79 Å². The van der Waals surface area contributed by atoms with Crippen molar-refractivity contribution in [1.82, 2.24) is 0 Å². The van der Waals surface area contributed by atoms with Gasteiger partial charge in [-0.15, -0.1) is 0 Å². The van der Waals surface area contributed by atoms with Crippen LogP contribution in [0.2, 0.25) is 0 Å². The van der Waals surface area contributed by atoms with Crippen molar-refractivity contribution in [1.29, 1.82) is 0 Å². The van der Waals surface area contributed by atoms with E-state index >= 15 is 0 Å². The van der Waals surface area contributed by atoms with Crippen LogP contribution in [0.3, 0.4) is 0 Å². The largest absolute Gasteiger partial charge is 0.460 e. The van der Waals surface area contributed by atoms with E-state index in [9.17, 15) is 4.79 Å². The Bertz CT molecular complexity index is 654. The van der Waals surface area contributed by atoms with Crippen LogP contribution in [0.5, 0.6) is 0 Å². The molecular weight excluding hydrogens is 312 g/mol. The van der Waals surface area contributed by atoms with Crippen LogP contribution >= 0.6 is 0 Å². The van der Waals surface area contributed by atoms with Crippen molar-refractivity contribution in [3.8, 4) is 11.1 Å². The number of carbonyl (C=O) groups is 1. The fourth-order valence-corrected chi connectivity index (χ4v) is 2.69. The van der Waals surface area contributed by atoms with Crippen LogP contribution in [-0.2, 0) is 20.7 Å². The molecule has 0 aliphatic carbocycles. The first-order chi connectivity index (χ1) is 11.9. The molecular formula is C22H28O3. The van der Waals surface area contributed by atoms with Crippen molar-refractivity contribution >= 4 is 5.97 Å². The number of benzene rings is 2. The van der Waals surface area contributed by atoms with Gasteiger partial charge in [-0.05, 0) is 50.3 Å². The molecule has 0 N–H and O–H groups in total. The summed E-state index contributed by atoms with van der Waals surface area (Å²) in [5.41, 5.74) is 3.21. The highest BCUT2D eigenvalue weighted by atomic mass is 16.6. The van der Waals surface area contributed by atoms with E-state index in [1.165, 1.54) is 16.7 Å². The van der Waals surface area contributed by atoms with Gasteiger partial charge in [-0.2, -0.15) is 0 Å². The predicted octanol–water partition coefficient (Wildman–Crippen LogP) is 5.03. The van der Waals surface area contributed by atoms with Crippen LogP contribution in [-0.4, -0.2) is 24.8 Å². The molecule has 0 radical (unpaired) electrons. The molecule has 2 rings (SSSR count). The van der Waals surface area contributed by atoms with Crippen LogP contribution in [0, 0.1) is 0 Å². The maximum absolute atomic E-state index is 11.9. The highest BCUT2D eigenvalue weighted by molar-refractivity contribution is 5.70. The number of hydrogen-bond acceptors (Lipinski definition) is 3. The Balaban J connectivity index is 1.88. The van der Waals surface area contributed by atoms with Gasteiger partial charge in [0.1, 0.15) is 5.60 Å². The Morgan fingerprint density at radius 1 is 0.960 bits per heavy atom. The fraction of sp³-hybridized carbons (Fsp3) is 0.409. The average Bonchev–Trinajstić information content (AvgIpc) is 2.58. The molecule has 0 spiro atoms. The summed E-state index contributed by atoms with van der Waals surface area (Å²) < 4.78 is 10.8. The van der Waals surface area contributed by atoms with Crippen LogP contribution in [0.1, 0.15) is 39.2 Å². The molecule has 3 heteroatoms. The van der Waals surface area contributed by atoms with Gasteiger partial charge in [-0.1, -0.05) is 54.6 Å². The minimum atomic E-state index is -0.456. The molecule has 0 fully saturated rings. The molecule has 0 aromatic heterocycles. The molecule has 0 heterocycles. The van der Waals surface area contributed by atoms with Gasteiger partial charge in [0.25, 0.3) is 0 Å². The van der Waals surface area contributed by atoms with Gasteiger partial charge >= 0.3 is 5.97 Å². The van der Waals surface area contributed by atoms with Gasteiger partial charge < -0.3 is 9.47 Å². The molecule has 25 heavy (non-hydrogen) atoms. The normalized spacial score (nSPS) is 12.6. The smallest absolute Gasteiger partial charge is 0.308 e. The second-order valence-electron chi connectivity index (χ2n) is 7.25. The maximum Gasteiger partial charge on any atom is 0.308 e. The molecule has 0 aliphatic rings. The predicted molar refractivity (Wildman–Crippen MR) is 101 cm³/mol. The van der Waals surface area contributed by atoms with Gasteiger partial charge in [0.15, 0.2) is 0 Å². The summed E-state index contributed by atoms with van der Waals surface area (Å²) in [6.07, 6.45) is 1.83. The topological polar surface area (TPSA) is 35.5 Å². The molecule has 0 aliphatic heterocycles. The number of carbonyl (C=O) groups excluding carboxylic acids is 1. The van der Waals surface area contributed by atoms with Crippen LogP contribution in [0.4, 0.5) is 0 Å².